The predicted molar refractivity (Wildman–Crippen MR) is 117 cm³/mol. The van der Waals surface area contributed by atoms with Gasteiger partial charge in [-0.15, -0.1) is 0 Å². The van der Waals surface area contributed by atoms with E-state index in [4.69, 9.17) is 0 Å². The predicted octanol–water partition coefficient (Wildman–Crippen LogP) is 4.93. The first-order valence-electron chi connectivity index (χ1n) is 9.27. The minimum Gasteiger partial charge on any atom is -0.206 e. The van der Waals surface area contributed by atoms with Crippen molar-refractivity contribution in [1.82, 2.24) is 0 Å². The van der Waals surface area contributed by atoms with Crippen molar-refractivity contribution in [3.8, 4) is 23.7 Å². The highest BCUT2D eigenvalue weighted by atomic mass is 19.1. The fourth-order valence-corrected chi connectivity index (χ4v) is 3.12. The molecule has 135 valence electrons. The van der Waals surface area contributed by atoms with Crippen LogP contribution in [0.3, 0.4) is 0 Å². The van der Waals surface area contributed by atoms with Crippen LogP contribution in [0.25, 0.3) is 0 Å². The van der Waals surface area contributed by atoms with Gasteiger partial charge in [0.05, 0.1) is 5.56 Å². The lowest BCUT2D eigenvalue weighted by Gasteiger charge is -2.07. The van der Waals surface area contributed by atoms with E-state index in [1.54, 1.807) is 12.1 Å². The second-order valence-corrected chi connectivity index (χ2v) is 6.87. The number of aryl methyl sites for hydroxylation is 3. The van der Waals surface area contributed by atoms with Gasteiger partial charge >= 0.3 is 0 Å². The topological polar surface area (TPSA) is 0 Å². The molecule has 0 fully saturated rings. The van der Waals surface area contributed by atoms with Gasteiger partial charge in [0, 0.05) is 16.7 Å². The highest BCUT2D eigenvalue weighted by Gasteiger charge is 2.03. The van der Waals surface area contributed by atoms with Gasteiger partial charge in [-0.25, -0.2) is 4.39 Å². The third kappa shape index (κ3) is 4.73. The molecule has 3 rings (SSSR count). The van der Waals surface area contributed by atoms with Gasteiger partial charge in [0.15, 0.2) is 0 Å². The Morgan fingerprint density at radius 2 is 1.25 bits per heavy atom. The minimum absolute atomic E-state index is 0.352. The Hall–Kier alpha value is -3.23. The normalized spacial score (nSPS) is 9.75. The molecule has 1 radical (unpaired) electrons. The van der Waals surface area contributed by atoms with Crippen molar-refractivity contribution in [2.75, 3.05) is 0 Å². The molecule has 0 spiro atoms. The zero-order chi connectivity index (χ0) is 20.1. The van der Waals surface area contributed by atoms with E-state index in [1.165, 1.54) is 28.2 Å². The number of benzene rings is 3. The van der Waals surface area contributed by atoms with Crippen molar-refractivity contribution >= 4 is 12.7 Å². The van der Waals surface area contributed by atoms with Crippen LogP contribution in [0.1, 0.15) is 38.9 Å². The fraction of sp³-hybridized carbons (Fsp3) is 0.154. The Labute approximate surface area is 168 Å². The number of hydrogen-bond donors (Lipinski definition) is 0. The Morgan fingerprint density at radius 3 is 1.86 bits per heavy atom. The van der Waals surface area contributed by atoms with E-state index < -0.39 is 0 Å². The van der Waals surface area contributed by atoms with E-state index in [-0.39, 0.29) is 5.82 Å². The maximum absolute atomic E-state index is 14.4. The molecule has 0 aliphatic rings. The summed E-state index contributed by atoms with van der Waals surface area (Å²) in [6, 6.07) is 17.0. The second-order valence-electron chi connectivity index (χ2n) is 6.87. The molecule has 3 aromatic carbocycles. The lowest BCUT2D eigenvalue weighted by molar-refractivity contribution is 0.624. The Kier molecular flexibility index (Phi) is 6.03. The van der Waals surface area contributed by atoms with Crippen molar-refractivity contribution in [3.63, 3.8) is 0 Å². The number of rotatable bonds is 1. The highest BCUT2D eigenvalue weighted by molar-refractivity contribution is 6.53. The quantitative estimate of drug-likeness (QED) is 0.425. The zero-order valence-electron chi connectivity index (χ0n) is 16.7. The first-order chi connectivity index (χ1) is 13.5. The van der Waals surface area contributed by atoms with Gasteiger partial charge in [0.2, 0.25) is 0 Å². The van der Waals surface area contributed by atoms with Crippen LogP contribution in [0.4, 0.5) is 4.39 Å². The summed E-state index contributed by atoms with van der Waals surface area (Å²) < 4.78 is 14.4. The van der Waals surface area contributed by atoms with E-state index >= 15 is 0 Å². The van der Waals surface area contributed by atoms with E-state index in [2.05, 4.69) is 44.8 Å². The summed E-state index contributed by atoms with van der Waals surface area (Å²) >= 11 is 0. The molecule has 0 bridgehead atoms. The Balaban J connectivity index is 1.83. The summed E-state index contributed by atoms with van der Waals surface area (Å²) in [6.07, 6.45) is 0. The SMILES string of the molecule is C[B]c1c(C)cc(C#Cc2ccc(C#Cc3ccc(C)cc3)cc2F)cc1C. The summed E-state index contributed by atoms with van der Waals surface area (Å²) in [7, 11) is 2.10. The molecule has 0 aromatic heterocycles. The monoisotopic (exact) mass is 363 g/mol. The van der Waals surface area contributed by atoms with Crippen molar-refractivity contribution in [1.29, 1.82) is 0 Å². The standard InChI is InChI=1S/C26H21BF/c1-18-5-7-21(8-6-18)9-10-22-11-13-24(25(28)17-22)14-12-23-15-19(2)26(27-4)20(3)16-23/h5-8,11,13,15-17H,1-4H3. The van der Waals surface area contributed by atoms with Gasteiger partial charge in [0.1, 0.15) is 13.1 Å². The molecule has 3 aromatic rings. The van der Waals surface area contributed by atoms with Gasteiger partial charge < -0.3 is 0 Å². The molecule has 0 aliphatic carbocycles. The van der Waals surface area contributed by atoms with Crippen LogP contribution in [-0.2, 0) is 0 Å². The van der Waals surface area contributed by atoms with Crippen molar-refractivity contribution in [3.05, 3.63) is 99.4 Å². The lowest BCUT2D eigenvalue weighted by atomic mass is 9.68. The third-order valence-electron chi connectivity index (χ3n) is 4.60. The zero-order valence-corrected chi connectivity index (χ0v) is 16.7. The van der Waals surface area contributed by atoms with Crippen molar-refractivity contribution in [2.24, 2.45) is 0 Å². The van der Waals surface area contributed by atoms with Crippen LogP contribution < -0.4 is 5.46 Å². The smallest absolute Gasteiger partial charge is 0.148 e. The van der Waals surface area contributed by atoms with Gasteiger partial charge in [-0.3, -0.25) is 0 Å². The molecular weight excluding hydrogens is 342 g/mol. The van der Waals surface area contributed by atoms with Gasteiger partial charge in [-0.05, 0) is 63.2 Å². The maximum atomic E-state index is 14.4. The van der Waals surface area contributed by atoms with Crippen LogP contribution in [0.15, 0.2) is 54.6 Å². The van der Waals surface area contributed by atoms with Crippen LogP contribution in [0.5, 0.6) is 0 Å². The van der Waals surface area contributed by atoms with Gasteiger partial charge in [-0.1, -0.05) is 64.8 Å². The first kappa shape index (κ1) is 19.5. The van der Waals surface area contributed by atoms with Crippen LogP contribution >= 0.6 is 0 Å². The lowest BCUT2D eigenvalue weighted by Crippen LogP contribution is -2.18. The molecule has 0 aliphatic heterocycles. The maximum Gasteiger partial charge on any atom is 0.148 e. The molecule has 0 N–H and O–H groups in total. The molecule has 0 amide bonds. The highest BCUT2D eigenvalue weighted by Crippen LogP contribution is 2.11. The molecule has 0 nitrogen and oxygen atoms in total. The van der Waals surface area contributed by atoms with Crippen LogP contribution in [0, 0.1) is 50.3 Å². The van der Waals surface area contributed by atoms with E-state index in [0.717, 1.165) is 11.1 Å². The molecule has 2 heteroatoms. The largest absolute Gasteiger partial charge is 0.206 e. The Bertz CT molecular complexity index is 1110. The van der Waals surface area contributed by atoms with Gasteiger partial charge in [-0.2, -0.15) is 0 Å². The fourth-order valence-electron chi connectivity index (χ4n) is 3.12. The molecule has 0 saturated carbocycles. The average Bonchev–Trinajstić information content (AvgIpc) is 2.66. The van der Waals surface area contributed by atoms with Crippen molar-refractivity contribution < 1.29 is 4.39 Å². The molecule has 0 saturated heterocycles. The summed E-state index contributed by atoms with van der Waals surface area (Å²) in [6.45, 7) is 8.19. The van der Waals surface area contributed by atoms with E-state index in [0.29, 0.717) is 11.1 Å². The van der Waals surface area contributed by atoms with E-state index in [1.807, 2.05) is 50.1 Å². The van der Waals surface area contributed by atoms with Crippen LogP contribution in [-0.4, -0.2) is 7.28 Å². The summed E-state index contributed by atoms with van der Waals surface area (Å²) in [4.78, 5) is 0. The number of halogens is 1. The molecule has 28 heavy (non-hydrogen) atoms. The van der Waals surface area contributed by atoms with E-state index in [9.17, 15) is 4.39 Å². The number of hydrogen-bond acceptors (Lipinski definition) is 0. The third-order valence-corrected chi connectivity index (χ3v) is 4.60. The average molecular weight is 363 g/mol. The summed E-state index contributed by atoms with van der Waals surface area (Å²) in [5.41, 5.74) is 7.58. The van der Waals surface area contributed by atoms with Gasteiger partial charge in [0.25, 0.3) is 0 Å². The molecule has 0 unspecified atom stereocenters. The summed E-state index contributed by atoms with van der Waals surface area (Å²) in [5.74, 6) is 11.7. The Morgan fingerprint density at radius 1 is 0.679 bits per heavy atom. The van der Waals surface area contributed by atoms with Crippen LogP contribution in [0.2, 0.25) is 6.82 Å². The second kappa shape index (κ2) is 8.64. The van der Waals surface area contributed by atoms with Crippen molar-refractivity contribution in [2.45, 2.75) is 27.6 Å². The molecular formula is C26H21BF. The minimum atomic E-state index is -0.352. The molecule has 0 atom stereocenters. The first-order valence-corrected chi connectivity index (χ1v) is 9.27. The summed E-state index contributed by atoms with van der Waals surface area (Å²) in [5, 5.41) is 0. The molecule has 0 heterocycles.